The van der Waals surface area contributed by atoms with E-state index in [-0.39, 0.29) is 11.8 Å². The molecule has 0 aliphatic carbocycles. The lowest BCUT2D eigenvalue weighted by molar-refractivity contribution is -0.129. The minimum absolute atomic E-state index is 0.0215. The lowest BCUT2D eigenvalue weighted by Gasteiger charge is -2.32. The molecule has 1 saturated heterocycles. The number of aryl methyl sites for hydroxylation is 1. The number of anilines is 1. The smallest absolute Gasteiger partial charge is 0.252 e. The van der Waals surface area contributed by atoms with E-state index in [0.29, 0.717) is 19.4 Å². The normalized spacial score (nSPS) is 23.4. The number of amides is 2. The number of carbonyl (C=O) groups is 2. The van der Waals surface area contributed by atoms with E-state index in [1.807, 2.05) is 31.2 Å². The van der Waals surface area contributed by atoms with Crippen molar-refractivity contribution in [1.29, 1.82) is 0 Å². The summed E-state index contributed by atoms with van der Waals surface area (Å²) in [6, 6.07) is 7.91. The van der Waals surface area contributed by atoms with E-state index in [0.717, 1.165) is 17.7 Å². The molecule has 2 amide bonds. The van der Waals surface area contributed by atoms with Crippen LogP contribution in [0, 0.1) is 0 Å². The molecule has 1 aromatic rings. The molecule has 108 valence electrons. The van der Waals surface area contributed by atoms with Crippen molar-refractivity contribution >= 4 is 17.5 Å². The van der Waals surface area contributed by atoms with E-state index >= 15 is 0 Å². The first kappa shape index (κ1) is 14.6. The van der Waals surface area contributed by atoms with Gasteiger partial charge in [-0.05, 0) is 31.4 Å². The van der Waals surface area contributed by atoms with Gasteiger partial charge in [-0.2, -0.15) is 0 Å². The first-order chi connectivity index (χ1) is 9.51. The van der Waals surface area contributed by atoms with Gasteiger partial charge in [0, 0.05) is 18.7 Å². The second-order valence-corrected chi connectivity index (χ2v) is 5.42. The molecule has 1 aliphatic rings. The SMILES string of the molecule is CCc1ccccc1N1CCC(=O)NC(C)(CC)C1=O. The summed E-state index contributed by atoms with van der Waals surface area (Å²) in [5.74, 6) is -0.0778. The molecule has 0 saturated carbocycles. The average molecular weight is 274 g/mol. The molecule has 1 unspecified atom stereocenters. The van der Waals surface area contributed by atoms with Crippen LogP contribution in [0.2, 0.25) is 0 Å². The van der Waals surface area contributed by atoms with Crippen molar-refractivity contribution in [3.8, 4) is 0 Å². The van der Waals surface area contributed by atoms with Crippen LogP contribution in [0.1, 0.15) is 39.2 Å². The van der Waals surface area contributed by atoms with E-state index < -0.39 is 5.54 Å². The van der Waals surface area contributed by atoms with E-state index in [4.69, 9.17) is 0 Å². The molecule has 4 heteroatoms. The molecule has 0 bridgehead atoms. The highest BCUT2D eigenvalue weighted by molar-refractivity contribution is 6.04. The molecule has 20 heavy (non-hydrogen) atoms. The van der Waals surface area contributed by atoms with Gasteiger partial charge in [0.15, 0.2) is 0 Å². The highest BCUT2D eigenvalue weighted by Gasteiger charge is 2.39. The molecule has 1 aliphatic heterocycles. The number of benzene rings is 1. The summed E-state index contributed by atoms with van der Waals surface area (Å²) in [6.45, 7) is 6.24. The molecular formula is C16H22N2O2. The summed E-state index contributed by atoms with van der Waals surface area (Å²) in [4.78, 5) is 26.4. The lowest BCUT2D eigenvalue weighted by atomic mass is 9.96. The third-order valence-electron chi connectivity index (χ3n) is 4.07. The summed E-state index contributed by atoms with van der Waals surface area (Å²) in [5.41, 5.74) is 1.25. The number of hydrogen-bond donors (Lipinski definition) is 1. The minimum atomic E-state index is -0.811. The maximum absolute atomic E-state index is 12.8. The Hall–Kier alpha value is -1.84. The van der Waals surface area contributed by atoms with Crippen molar-refractivity contribution in [1.82, 2.24) is 5.32 Å². The fourth-order valence-electron chi connectivity index (χ4n) is 2.58. The van der Waals surface area contributed by atoms with Gasteiger partial charge in [0.2, 0.25) is 5.91 Å². The fraction of sp³-hybridized carbons (Fsp3) is 0.500. The van der Waals surface area contributed by atoms with Crippen molar-refractivity contribution < 1.29 is 9.59 Å². The van der Waals surface area contributed by atoms with Gasteiger partial charge in [-0.25, -0.2) is 0 Å². The second kappa shape index (κ2) is 5.65. The van der Waals surface area contributed by atoms with E-state index in [9.17, 15) is 9.59 Å². The Labute approximate surface area is 120 Å². The highest BCUT2D eigenvalue weighted by Crippen LogP contribution is 2.27. The van der Waals surface area contributed by atoms with Crippen LogP contribution >= 0.6 is 0 Å². The molecule has 1 N–H and O–H groups in total. The number of para-hydroxylation sites is 1. The third kappa shape index (κ3) is 2.55. The monoisotopic (exact) mass is 274 g/mol. The molecule has 2 rings (SSSR count). The Balaban J connectivity index is 2.44. The minimum Gasteiger partial charge on any atom is -0.342 e. The van der Waals surface area contributed by atoms with Crippen LogP contribution in [-0.4, -0.2) is 23.9 Å². The Bertz CT molecular complexity index is 527. The number of nitrogens with zero attached hydrogens (tertiary/aromatic N) is 1. The van der Waals surface area contributed by atoms with Gasteiger partial charge < -0.3 is 10.2 Å². The van der Waals surface area contributed by atoms with E-state index in [1.165, 1.54) is 0 Å². The third-order valence-corrected chi connectivity index (χ3v) is 4.07. The first-order valence-corrected chi connectivity index (χ1v) is 7.22. The first-order valence-electron chi connectivity index (χ1n) is 7.22. The predicted molar refractivity (Wildman–Crippen MR) is 79.6 cm³/mol. The Kier molecular flexibility index (Phi) is 4.12. The average Bonchev–Trinajstić information content (AvgIpc) is 2.57. The van der Waals surface area contributed by atoms with Crippen molar-refractivity contribution in [3.05, 3.63) is 29.8 Å². The van der Waals surface area contributed by atoms with Crippen LogP contribution in [0.25, 0.3) is 0 Å². The maximum Gasteiger partial charge on any atom is 0.252 e. The second-order valence-electron chi connectivity index (χ2n) is 5.42. The van der Waals surface area contributed by atoms with Crippen molar-refractivity contribution in [2.75, 3.05) is 11.4 Å². The summed E-state index contributed by atoms with van der Waals surface area (Å²) in [7, 11) is 0. The molecule has 1 fully saturated rings. The lowest BCUT2D eigenvalue weighted by Crippen LogP contribution is -2.55. The Morgan fingerprint density at radius 3 is 2.60 bits per heavy atom. The summed E-state index contributed by atoms with van der Waals surface area (Å²) in [5, 5.41) is 2.86. The molecule has 1 aromatic carbocycles. The number of rotatable bonds is 3. The zero-order chi connectivity index (χ0) is 14.8. The quantitative estimate of drug-likeness (QED) is 0.919. The fourth-order valence-corrected chi connectivity index (χ4v) is 2.58. The molecule has 0 aromatic heterocycles. The zero-order valence-electron chi connectivity index (χ0n) is 12.4. The van der Waals surface area contributed by atoms with Crippen molar-refractivity contribution in [3.63, 3.8) is 0 Å². The van der Waals surface area contributed by atoms with Crippen molar-refractivity contribution in [2.45, 2.75) is 45.6 Å². The Morgan fingerprint density at radius 2 is 1.95 bits per heavy atom. The van der Waals surface area contributed by atoms with Gasteiger partial charge >= 0.3 is 0 Å². The van der Waals surface area contributed by atoms with Gasteiger partial charge in [-0.15, -0.1) is 0 Å². The molecule has 0 radical (unpaired) electrons. The number of carbonyl (C=O) groups excluding carboxylic acids is 2. The summed E-state index contributed by atoms with van der Waals surface area (Å²) >= 11 is 0. The molecule has 1 atom stereocenters. The molecule has 4 nitrogen and oxygen atoms in total. The Morgan fingerprint density at radius 1 is 1.25 bits per heavy atom. The van der Waals surface area contributed by atoms with E-state index in [2.05, 4.69) is 12.2 Å². The highest BCUT2D eigenvalue weighted by atomic mass is 16.2. The van der Waals surface area contributed by atoms with Crippen LogP contribution in [0.5, 0.6) is 0 Å². The summed E-state index contributed by atoms with van der Waals surface area (Å²) < 4.78 is 0. The van der Waals surface area contributed by atoms with Gasteiger partial charge in [0.25, 0.3) is 5.91 Å². The maximum atomic E-state index is 12.8. The summed E-state index contributed by atoms with van der Waals surface area (Å²) in [6.07, 6.45) is 1.80. The number of hydrogen-bond acceptors (Lipinski definition) is 2. The van der Waals surface area contributed by atoms with Crippen LogP contribution in [0.4, 0.5) is 5.69 Å². The number of nitrogens with one attached hydrogen (secondary N) is 1. The largest absolute Gasteiger partial charge is 0.342 e. The van der Waals surface area contributed by atoms with Crippen LogP contribution in [-0.2, 0) is 16.0 Å². The molecule has 1 heterocycles. The van der Waals surface area contributed by atoms with Gasteiger partial charge in [-0.3, -0.25) is 9.59 Å². The van der Waals surface area contributed by atoms with Crippen LogP contribution in [0.3, 0.4) is 0 Å². The van der Waals surface area contributed by atoms with Crippen molar-refractivity contribution in [2.24, 2.45) is 0 Å². The zero-order valence-corrected chi connectivity index (χ0v) is 12.4. The van der Waals surface area contributed by atoms with Crippen LogP contribution in [0.15, 0.2) is 24.3 Å². The topological polar surface area (TPSA) is 49.4 Å². The van der Waals surface area contributed by atoms with Crippen LogP contribution < -0.4 is 10.2 Å². The molecule has 0 spiro atoms. The van der Waals surface area contributed by atoms with E-state index in [1.54, 1.807) is 11.8 Å². The predicted octanol–water partition coefficient (Wildman–Crippen LogP) is 2.27. The standard InChI is InChI=1S/C16H22N2O2/c1-4-12-8-6-7-9-13(12)18-11-10-14(19)17-16(3,5-2)15(18)20/h6-9H,4-5,10-11H2,1-3H3,(H,17,19). The van der Waals surface area contributed by atoms with Gasteiger partial charge in [0.05, 0.1) is 0 Å². The molecular weight excluding hydrogens is 252 g/mol. The van der Waals surface area contributed by atoms with Gasteiger partial charge in [0.1, 0.15) is 5.54 Å². The van der Waals surface area contributed by atoms with Gasteiger partial charge in [-0.1, -0.05) is 32.0 Å².